The summed E-state index contributed by atoms with van der Waals surface area (Å²) in [4.78, 5) is 0. The van der Waals surface area contributed by atoms with Crippen LogP contribution in [0.2, 0.25) is 0 Å². The molecule has 1 heteroatoms. The van der Waals surface area contributed by atoms with Gasteiger partial charge in [0.25, 0.3) is 0 Å². The molecule has 1 N–H and O–H groups in total. The Hall–Kier alpha value is -0.460. The summed E-state index contributed by atoms with van der Waals surface area (Å²) in [5.41, 5.74) is 1.38. The van der Waals surface area contributed by atoms with Crippen LogP contribution in [0, 0.1) is 17.8 Å². The van der Waals surface area contributed by atoms with Crippen molar-refractivity contribution in [2.75, 3.05) is 0 Å². The minimum Gasteiger partial charge on any atom is -0.386 e. The number of nitrogens with one attached hydrogen (secondary N) is 1. The maximum atomic E-state index is 4.39. The Bertz CT molecular complexity index is 323. The van der Waals surface area contributed by atoms with Gasteiger partial charge in [-0.25, -0.2) is 0 Å². The predicted molar refractivity (Wildman–Crippen MR) is 91.2 cm³/mol. The first-order valence-corrected chi connectivity index (χ1v) is 9.76. The third-order valence-electron chi connectivity index (χ3n) is 6.41. The lowest BCUT2D eigenvalue weighted by Crippen LogP contribution is -2.36. The Morgan fingerprint density at radius 2 is 1.43 bits per heavy atom. The van der Waals surface area contributed by atoms with E-state index >= 15 is 0 Å². The zero-order chi connectivity index (χ0) is 14.5. The normalized spacial score (nSPS) is 32.2. The molecule has 0 aliphatic heterocycles. The SMILES string of the molecule is C=C(NC1CCCC(CC2CCCC2)C1)C1CCCCC1. The zero-order valence-corrected chi connectivity index (χ0v) is 13.9. The van der Waals surface area contributed by atoms with E-state index in [1.165, 1.54) is 95.6 Å². The standard InChI is InChI=1S/C20H35N/c1-16(19-11-3-2-4-12-19)21-20-13-7-10-18(15-20)14-17-8-5-6-9-17/h17-21H,1-15H2. The zero-order valence-electron chi connectivity index (χ0n) is 13.9. The van der Waals surface area contributed by atoms with E-state index in [9.17, 15) is 0 Å². The van der Waals surface area contributed by atoms with Crippen molar-refractivity contribution in [3.05, 3.63) is 12.3 Å². The fourth-order valence-electron chi connectivity index (χ4n) is 5.18. The largest absolute Gasteiger partial charge is 0.386 e. The molecule has 3 saturated carbocycles. The highest BCUT2D eigenvalue weighted by Crippen LogP contribution is 2.37. The summed E-state index contributed by atoms with van der Waals surface area (Å²) in [5.74, 6) is 2.84. The Morgan fingerprint density at radius 3 is 2.19 bits per heavy atom. The molecule has 3 rings (SSSR count). The smallest absolute Gasteiger partial charge is 0.0260 e. The van der Waals surface area contributed by atoms with E-state index in [-0.39, 0.29) is 0 Å². The fourth-order valence-corrected chi connectivity index (χ4v) is 5.18. The van der Waals surface area contributed by atoms with Crippen LogP contribution < -0.4 is 5.32 Å². The van der Waals surface area contributed by atoms with E-state index in [1.807, 2.05) is 0 Å². The van der Waals surface area contributed by atoms with Crippen molar-refractivity contribution in [1.29, 1.82) is 0 Å². The third kappa shape index (κ3) is 4.50. The Labute approximate surface area is 132 Å². The molecule has 0 saturated heterocycles. The van der Waals surface area contributed by atoms with E-state index in [0.29, 0.717) is 0 Å². The summed E-state index contributed by atoms with van der Waals surface area (Å²) in [6.45, 7) is 4.39. The molecule has 2 unspecified atom stereocenters. The summed E-state index contributed by atoms with van der Waals surface area (Å²) in [5, 5.41) is 3.85. The van der Waals surface area contributed by atoms with Crippen LogP contribution in [0.1, 0.15) is 89.9 Å². The second-order valence-corrected chi connectivity index (χ2v) is 8.12. The van der Waals surface area contributed by atoms with Crippen molar-refractivity contribution in [3.8, 4) is 0 Å². The van der Waals surface area contributed by atoms with E-state index in [4.69, 9.17) is 0 Å². The van der Waals surface area contributed by atoms with Gasteiger partial charge in [0.15, 0.2) is 0 Å². The summed E-state index contributed by atoms with van der Waals surface area (Å²) < 4.78 is 0. The van der Waals surface area contributed by atoms with Crippen LogP contribution in [0.5, 0.6) is 0 Å². The molecule has 0 bridgehead atoms. The van der Waals surface area contributed by atoms with Crippen LogP contribution >= 0.6 is 0 Å². The van der Waals surface area contributed by atoms with Gasteiger partial charge in [0.1, 0.15) is 0 Å². The van der Waals surface area contributed by atoms with Crippen LogP contribution in [0.25, 0.3) is 0 Å². The molecule has 3 aliphatic carbocycles. The molecule has 0 radical (unpaired) electrons. The van der Waals surface area contributed by atoms with E-state index < -0.39 is 0 Å². The van der Waals surface area contributed by atoms with Gasteiger partial charge in [-0.05, 0) is 49.9 Å². The number of hydrogen-bond donors (Lipinski definition) is 1. The van der Waals surface area contributed by atoms with Crippen molar-refractivity contribution in [3.63, 3.8) is 0 Å². The molecule has 1 nitrogen and oxygen atoms in total. The van der Waals surface area contributed by atoms with Gasteiger partial charge in [-0.2, -0.15) is 0 Å². The first kappa shape index (κ1) is 15.4. The maximum absolute atomic E-state index is 4.39. The monoisotopic (exact) mass is 289 g/mol. The molecule has 0 aromatic rings. The molecule has 0 spiro atoms. The predicted octanol–water partition coefficient (Wildman–Crippen LogP) is 5.81. The molecule has 120 valence electrons. The molecule has 0 aromatic heterocycles. The van der Waals surface area contributed by atoms with Gasteiger partial charge in [0.05, 0.1) is 0 Å². The van der Waals surface area contributed by atoms with Crippen molar-refractivity contribution >= 4 is 0 Å². The van der Waals surface area contributed by atoms with Gasteiger partial charge in [-0.1, -0.05) is 64.4 Å². The Balaban J connectivity index is 1.43. The van der Waals surface area contributed by atoms with E-state index in [1.54, 1.807) is 0 Å². The van der Waals surface area contributed by atoms with Gasteiger partial charge in [-0.15, -0.1) is 0 Å². The quantitative estimate of drug-likeness (QED) is 0.673. The number of allylic oxidation sites excluding steroid dienone is 1. The van der Waals surface area contributed by atoms with E-state index in [0.717, 1.165) is 23.8 Å². The van der Waals surface area contributed by atoms with Crippen LogP contribution in [-0.2, 0) is 0 Å². The first-order valence-electron chi connectivity index (χ1n) is 9.76. The molecule has 0 heterocycles. The number of rotatable bonds is 5. The van der Waals surface area contributed by atoms with E-state index in [2.05, 4.69) is 11.9 Å². The molecular formula is C20H35N. The average Bonchev–Trinajstić information content (AvgIpc) is 3.01. The topological polar surface area (TPSA) is 12.0 Å². The lowest BCUT2D eigenvalue weighted by Gasteiger charge is -2.34. The van der Waals surface area contributed by atoms with Gasteiger partial charge in [0.2, 0.25) is 0 Å². The summed E-state index contributed by atoms with van der Waals surface area (Å²) in [6.07, 6.45) is 20.3. The van der Waals surface area contributed by atoms with Crippen LogP contribution in [-0.4, -0.2) is 6.04 Å². The highest BCUT2D eigenvalue weighted by Gasteiger charge is 2.27. The molecule has 0 aromatic carbocycles. The van der Waals surface area contributed by atoms with Crippen molar-refractivity contribution in [2.45, 2.75) is 95.9 Å². The molecule has 3 aliphatic rings. The minimum atomic E-state index is 0.736. The van der Waals surface area contributed by atoms with Crippen molar-refractivity contribution in [1.82, 2.24) is 5.32 Å². The maximum Gasteiger partial charge on any atom is 0.0260 e. The Morgan fingerprint density at radius 1 is 0.762 bits per heavy atom. The molecule has 2 atom stereocenters. The highest BCUT2D eigenvalue weighted by molar-refractivity contribution is 5.02. The van der Waals surface area contributed by atoms with Crippen LogP contribution in [0.4, 0.5) is 0 Å². The second-order valence-electron chi connectivity index (χ2n) is 8.12. The lowest BCUT2D eigenvalue weighted by atomic mass is 9.79. The molecule has 3 fully saturated rings. The third-order valence-corrected chi connectivity index (χ3v) is 6.41. The second kappa shape index (κ2) is 7.70. The number of hydrogen-bond acceptors (Lipinski definition) is 1. The van der Waals surface area contributed by atoms with Gasteiger partial charge >= 0.3 is 0 Å². The first-order chi connectivity index (χ1) is 10.3. The average molecular weight is 290 g/mol. The molecule has 0 amide bonds. The summed E-state index contributed by atoms with van der Waals surface area (Å²) >= 11 is 0. The van der Waals surface area contributed by atoms with Gasteiger partial charge in [-0.3, -0.25) is 0 Å². The van der Waals surface area contributed by atoms with Gasteiger partial charge < -0.3 is 5.32 Å². The lowest BCUT2D eigenvalue weighted by molar-refractivity contribution is 0.244. The highest BCUT2D eigenvalue weighted by atomic mass is 14.9. The summed E-state index contributed by atoms with van der Waals surface area (Å²) in [6, 6.07) is 0.736. The van der Waals surface area contributed by atoms with Crippen LogP contribution in [0.15, 0.2) is 12.3 Å². The van der Waals surface area contributed by atoms with Gasteiger partial charge in [0, 0.05) is 11.7 Å². The van der Waals surface area contributed by atoms with Crippen molar-refractivity contribution < 1.29 is 0 Å². The summed E-state index contributed by atoms with van der Waals surface area (Å²) in [7, 11) is 0. The molecule has 21 heavy (non-hydrogen) atoms. The van der Waals surface area contributed by atoms with Crippen LogP contribution in [0.3, 0.4) is 0 Å². The fraction of sp³-hybridized carbons (Fsp3) is 0.900. The minimum absolute atomic E-state index is 0.736. The molecular weight excluding hydrogens is 254 g/mol. The Kier molecular flexibility index (Phi) is 5.66. The van der Waals surface area contributed by atoms with Crippen molar-refractivity contribution in [2.24, 2.45) is 17.8 Å².